The van der Waals surface area contributed by atoms with Gasteiger partial charge in [0.05, 0.1) is 5.56 Å². The number of anilines is 1. The second-order valence-electron chi connectivity index (χ2n) is 5.86. The van der Waals surface area contributed by atoms with Crippen LogP contribution < -0.4 is 5.32 Å². The topological polar surface area (TPSA) is 49.3 Å². The van der Waals surface area contributed by atoms with Gasteiger partial charge in [0.25, 0.3) is 0 Å². The van der Waals surface area contributed by atoms with Crippen molar-refractivity contribution < 1.29 is 9.90 Å². The van der Waals surface area contributed by atoms with E-state index in [1.54, 1.807) is 6.07 Å². The molecule has 0 spiro atoms. The number of carboxylic acid groups (broad SMARTS) is 1. The lowest BCUT2D eigenvalue weighted by Gasteiger charge is -2.09. The van der Waals surface area contributed by atoms with E-state index < -0.39 is 5.97 Å². The molecule has 0 saturated heterocycles. The molecule has 0 aliphatic carbocycles. The average Bonchev–Trinajstić information content (AvgIpc) is 2.37. The molecule has 0 aliphatic rings. The van der Waals surface area contributed by atoms with Gasteiger partial charge in [-0.2, -0.15) is 0 Å². The van der Waals surface area contributed by atoms with Crippen LogP contribution in [0.15, 0.2) is 18.2 Å². The highest BCUT2D eigenvalue weighted by atomic mass is 16.4. The Morgan fingerprint density at radius 1 is 1.20 bits per heavy atom. The van der Waals surface area contributed by atoms with Crippen molar-refractivity contribution in [1.29, 1.82) is 0 Å². The lowest BCUT2D eigenvalue weighted by Crippen LogP contribution is -2.04. The smallest absolute Gasteiger partial charge is 0.335 e. The molecule has 0 aliphatic heterocycles. The average molecular weight is 277 g/mol. The van der Waals surface area contributed by atoms with Crippen molar-refractivity contribution in [1.82, 2.24) is 0 Å². The second kappa shape index (κ2) is 8.62. The standard InChI is InChI=1S/C17H27NO2/c1-13(2)8-6-4-5-7-11-18-15-9-10-16(17(19)20)14(3)12-15/h9-10,12-13,18H,4-8,11H2,1-3H3,(H,19,20). The Morgan fingerprint density at radius 3 is 2.50 bits per heavy atom. The largest absolute Gasteiger partial charge is 0.478 e. The number of benzene rings is 1. The Hall–Kier alpha value is -1.51. The van der Waals surface area contributed by atoms with Crippen LogP contribution in [0.2, 0.25) is 0 Å². The number of rotatable bonds is 9. The van der Waals surface area contributed by atoms with Gasteiger partial charge in [-0.25, -0.2) is 4.79 Å². The molecule has 0 heterocycles. The number of nitrogens with one attached hydrogen (secondary N) is 1. The predicted octanol–water partition coefficient (Wildman–Crippen LogP) is 4.71. The number of carboxylic acids is 1. The van der Waals surface area contributed by atoms with Gasteiger partial charge in [0.2, 0.25) is 0 Å². The van der Waals surface area contributed by atoms with Crippen LogP contribution in [0.5, 0.6) is 0 Å². The predicted molar refractivity (Wildman–Crippen MR) is 84.6 cm³/mol. The van der Waals surface area contributed by atoms with Crippen molar-refractivity contribution in [2.75, 3.05) is 11.9 Å². The van der Waals surface area contributed by atoms with Crippen molar-refractivity contribution in [2.24, 2.45) is 5.92 Å². The van der Waals surface area contributed by atoms with E-state index >= 15 is 0 Å². The molecule has 0 saturated carbocycles. The summed E-state index contributed by atoms with van der Waals surface area (Å²) in [5.74, 6) is -0.0527. The third kappa shape index (κ3) is 6.09. The number of aryl methyl sites for hydroxylation is 1. The Morgan fingerprint density at radius 2 is 1.90 bits per heavy atom. The van der Waals surface area contributed by atoms with Gasteiger partial charge < -0.3 is 10.4 Å². The van der Waals surface area contributed by atoms with Gasteiger partial charge in [0.15, 0.2) is 0 Å². The van der Waals surface area contributed by atoms with Gasteiger partial charge in [-0.15, -0.1) is 0 Å². The van der Waals surface area contributed by atoms with Gasteiger partial charge >= 0.3 is 5.97 Å². The second-order valence-corrected chi connectivity index (χ2v) is 5.86. The molecule has 0 amide bonds. The van der Waals surface area contributed by atoms with E-state index in [-0.39, 0.29) is 0 Å². The first-order valence-electron chi connectivity index (χ1n) is 7.58. The number of hydrogen-bond acceptors (Lipinski definition) is 2. The Bertz CT molecular complexity index is 427. The van der Waals surface area contributed by atoms with Crippen LogP contribution in [-0.4, -0.2) is 17.6 Å². The molecule has 112 valence electrons. The van der Waals surface area contributed by atoms with E-state index in [1.807, 2.05) is 19.1 Å². The number of aromatic carboxylic acids is 1. The van der Waals surface area contributed by atoms with Crippen LogP contribution in [0.4, 0.5) is 5.69 Å². The molecule has 1 rings (SSSR count). The third-order valence-electron chi connectivity index (χ3n) is 3.49. The third-order valence-corrected chi connectivity index (χ3v) is 3.49. The van der Waals surface area contributed by atoms with E-state index in [9.17, 15) is 4.79 Å². The first kappa shape index (κ1) is 16.5. The van der Waals surface area contributed by atoms with Gasteiger partial charge in [-0.05, 0) is 43.0 Å². The fourth-order valence-electron chi connectivity index (χ4n) is 2.28. The van der Waals surface area contributed by atoms with Crippen LogP contribution in [-0.2, 0) is 0 Å². The zero-order valence-electron chi connectivity index (χ0n) is 12.9. The molecular weight excluding hydrogens is 250 g/mol. The fourth-order valence-corrected chi connectivity index (χ4v) is 2.28. The summed E-state index contributed by atoms with van der Waals surface area (Å²) in [7, 11) is 0. The monoisotopic (exact) mass is 277 g/mol. The molecule has 1 aromatic carbocycles. The molecule has 3 nitrogen and oxygen atoms in total. The lowest BCUT2D eigenvalue weighted by molar-refractivity contribution is 0.0696. The first-order chi connectivity index (χ1) is 9.50. The summed E-state index contributed by atoms with van der Waals surface area (Å²) in [4.78, 5) is 10.9. The fraction of sp³-hybridized carbons (Fsp3) is 0.588. The van der Waals surface area contributed by atoms with E-state index in [0.717, 1.165) is 30.1 Å². The quantitative estimate of drug-likeness (QED) is 0.642. The number of carbonyl (C=O) groups is 1. The van der Waals surface area contributed by atoms with Crippen LogP contribution in [0.25, 0.3) is 0 Å². The zero-order valence-corrected chi connectivity index (χ0v) is 12.9. The molecule has 0 fully saturated rings. The summed E-state index contributed by atoms with van der Waals surface area (Å²) in [6, 6.07) is 5.42. The molecule has 2 N–H and O–H groups in total. The van der Waals surface area contributed by atoms with Crippen molar-refractivity contribution in [3.63, 3.8) is 0 Å². The Kier molecular flexibility index (Phi) is 7.13. The molecule has 1 aromatic rings. The summed E-state index contributed by atoms with van der Waals surface area (Å²) < 4.78 is 0. The minimum absolute atomic E-state index is 0.379. The van der Waals surface area contributed by atoms with E-state index in [0.29, 0.717) is 5.56 Å². The van der Waals surface area contributed by atoms with E-state index in [4.69, 9.17) is 5.11 Å². The lowest BCUT2D eigenvalue weighted by atomic mass is 10.0. The van der Waals surface area contributed by atoms with Gasteiger partial charge in [-0.3, -0.25) is 0 Å². The number of hydrogen-bond donors (Lipinski definition) is 2. The maximum atomic E-state index is 10.9. The maximum Gasteiger partial charge on any atom is 0.335 e. The molecule has 20 heavy (non-hydrogen) atoms. The Balaban J connectivity index is 2.22. The van der Waals surface area contributed by atoms with E-state index in [2.05, 4.69) is 19.2 Å². The summed E-state index contributed by atoms with van der Waals surface area (Å²) in [6.45, 7) is 7.32. The molecule has 3 heteroatoms. The summed E-state index contributed by atoms with van der Waals surface area (Å²) in [5, 5.41) is 12.3. The first-order valence-corrected chi connectivity index (χ1v) is 7.58. The zero-order chi connectivity index (χ0) is 15.0. The molecule has 0 bridgehead atoms. The normalized spacial score (nSPS) is 10.8. The van der Waals surface area contributed by atoms with Crippen molar-refractivity contribution in [2.45, 2.75) is 52.9 Å². The molecule has 0 atom stereocenters. The summed E-state index contributed by atoms with van der Waals surface area (Å²) in [5.41, 5.74) is 2.19. The van der Waals surface area contributed by atoms with Crippen LogP contribution in [0.3, 0.4) is 0 Å². The summed E-state index contributed by atoms with van der Waals surface area (Å²) in [6.07, 6.45) is 6.37. The van der Waals surface area contributed by atoms with Gasteiger partial charge in [0, 0.05) is 12.2 Å². The minimum Gasteiger partial charge on any atom is -0.478 e. The van der Waals surface area contributed by atoms with Crippen molar-refractivity contribution in [3.8, 4) is 0 Å². The highest BCUT2D eigenvalue weighted by Crippen LogP contribution is 2.15. The minimum atomic E-state index is -0.862. The van der Waals surface area contributed by atoms with E-state index in [1.165, 1.54) is 25.7 Å². The van der Waals surface area contributed by atoms with Gasteiger partial charge in [-0.1, -0.05) is 39.5 Å². The number of unbranched alkanes of at least 4 members (excludes halogenated alkanes) is 3. The van der Waals surface area contributed by atoms with Crippen molar-refractivity contribution in [3.05, 3.63) is 29.3 Å². The van der Waals surface area contributed by atoms with Crippen LogP contribution in [0.1, 0.15) is 61.9 Å². The molecular formula is C17H27NO2. The maximum absolute atomic E-state index is 10.9. The molecule has 0 unspecified atom stereocenters. The molecule has 0 radical (unpaired) electrons. The summed E-state index contributed by atoms with van der Waals surface area (Å²) >= 11 is 0. The molecule has 0 aromatic heterocycles. The van der Waals surface area contributed by atoms with Crippen molar-refractivity contribution >= 4 is 11.7 Å². The SMILES string of the molecule is Cc1cc(NCCCCCCC(C)C)ccc1C(=O)O. The van der Waals surface area contributed by atoms with Gasteiger partial charge in [0.1, 0.15) is 0 Å². The van der Waals surface area contributed by atoms with Crippen LogP contribution >= 0.6 is 0 Å². The van der Waals surface area contributed by atoms with Crippen LogP contribution in [0, 0.1) is 12.8 Å². The highest BCUT2D eigenvalue weighted by Gasteiger charge is 2.06. The Labute approximate surface area is 122 Å². The highest BCUT2D eigenvalue weighted by molar-refractivity contribution is 5.89.